The highest BCUT2D eigenvalue weighted by molar-refractivity contribution is 5.85. The molecule has 1 aromatic carbocycles. The molecule has 20 heavy (non-hydrogen) atoms. The first kappa shape index (κ1) is 16.8. The van der Waals surface area contributed by atoms with Crippen molar-refractivity contribution in [1.82, 2.24) is 5.32 Å². The van der Waals surface area contributed by atoms with Gasteiger partial charge in [-0.3, -0.25) is 4.79 Å². The Kier molecular flexibility index (Phi) is 7.41. The van der Waals surface area contributed by atoms with Gasteiger partial charge in [0.15, 0.2) is 0 Å². The van der Waals surface area contributed by atoms with Gasteiger partial charge in [0, 0.05) is 19.0 Å². The van der Waals surface area contributed by atoms with E-state index in [1.165, 1.54) is 12.8 Å². The summed E-state index contributed by atoms with van der Waals surface area (Å²) >= 11 is 0. The Morgan fingerprint density at radius 3 is 2.70 bits per heavy atom. The Hall–Kier alpha value is -1.26. The van der Waals surface area contributed by atoms with Gasteiger partial charge in [-0.15, -0.1) is 12.4 Å². The van der Waals surface area contributed by atoms with Crippen LogP contribution < -0.4 is 15.8 Å². The quantitative estimate of drug-likeness (QED) is 0.723. The van der Waals surface area contributed by atoms with Gasteiger partial charge >= 0.3 is 0 Å². The van der Waals surface area contributed by atoms with Gasteiger partial charge in [-0.25, -0.2) is 0 Å². The summed E-state index contributed by atoms with van der Waals surface area (Å²) in [5, 5.41) is 2.88. The van der Waals surface area contributed by atoms with Gasteiger partial charge in [0.1, 0.15) is 5.75 Å². The number of hydrogen-bond donors (Lipinski definition) is 2. The summed E-state index contributed by atoms with van der Waals surface area (Å²) in [6, 6.07) is 9.76. The number of hydrogen-bond acceptors (Lipinski definition) is 3. The minimum atomic E-state index is 0. The monoisotopic (exact) mass is 298 g/mol. The molecule has 4 nitrogen and oxygen atoms in total. The lowest BCUT2D eigenvalue weighted by atomic mass is 10.2. The largest absolute Gasteiger partial charge is 0.494 e. The van der Waals surface area contributed by atoms with E-state index < -0.39 is 0 Å². The number of carbonyl (C=O) groups is 1. The smallest absolute Gasteiger partial charge is 0.220 e. The van der Waals surface area contributed by atoms with Gasteiger partial charge < -0.3 is 15.8 Å². The van der Waals surface area contributed by atoms with Crippen molar-refractivity contribution in [3.63, 3.8) is 0 Å². The number of amides is 1. The van der Waals surface area contributed by atoms with Crippen LogP contribution in [0, 0.1) is 5.92 Å². The van der Waals surface area contributed by atoms with Crippen LogP contribution in [-0.2, 0) is 4.79 Å². The first-order valence-corrected chi connectivity index (χ1v) is 6.96. The van der Waals surface area contributed by atoms with E-state index in [2.05, 4.69) is 5.32 Å². The SMILES string of the molecule is Cl.NC(CNC(=O)CCCOc1ccccc1)C1CC1. The van der Waals surface area contributed by atoms with E-state index >= 15 is 0 Å². The molecule has 1 aliphatic carbocycles. The normalized spacial score (nSPS) is 15.1. The third-order valence-corrected chi connectivity index (χ3v) is 3.32. The van der Waals surface area contributed by atoms with E-state index in [4.69, 9.17) is 10.5 Å². The molecule has 1 amide bonds. The number of nitrogens with one attached hydrogen (secondary N) is 1. The third-order valence-electron chi connectivity index (χ3n) is 3.32. The van der Waals surface area contributed by atoms with E-state index in [1.54, 1.807) is 0 Å². The number of ether oxygens (including phenoxy) is 1. The van der Waals surface area contributed by atoms with Crippen LogP contribution in [-0.4, -0.2) is 25.1 Å². The second-order valence-electron chi connectivity index (χ2n) is 5.07. The molecular weight excluding hydrogens is 276 g/mol. The molecule has 1 unspecified atom stereocenters. The van der Waals surface area contributed by atoms with E-state index in [-0.39, 0.29) is 24.4 Å². The zero-order valence-corrected chi connectivity index (χ0v) is 12.4. The van der Waals surface area contributed by atoms with Crippen molar-refractivity contribution >= 4 is 18.3 Å². The van der Waals surface area contributed by atoms with Crippen LogP contribution in [0.5, 0.6) is 5.75 Å². The third kappa shape index (κ3) is 6.26. The second-order valence-corrected chi connectivity index (χ2v) is 5.07. The van der Waals surface area contributed by atoms with Crippen molar-refractivity contribution in [3.8, 4) is 5.75 Å². The van der Waals surface area contributed by atoms with Crippen LogP contribution in [0.25, 0.3) is 0 Å². The van der Waals surface area contributed by atoms with Crippen molar-refractivity contribution in [2.75, 3.05) is 13.2 Å². The molecule has 0 bridgehead atoms. The predicted molar refractivity (Wildman–Crippen MR) is 82.1 cm³/mol. The maximum Gasteiger partial charge on any atom is 0.220 e. The van der Waals surface area contributed by atoms with Crippen LogP contribution >= 0.6 is 12.4 Å². The molecule has 1 aromatic rings. The number of carbonyl (C=O) groups excluding carboxylic acids is 1. The van der Waals surface area contributed by atoms with Crippen molar-refractivity contribution in [2.45, 2.75) is 31.7 Å². The highest BCUT2D eigenvalue weighted by atomic mass is 35.5. The molecule has 2 rings (SSSR count). The van der Waals surface area contributed by atoms with Crippen LogP contribution in [0.1, 0.15) is 25.7 Å². The van der Waals surface area contributed by atoms with Gasteiger partial charge in [-0.1, -0.05) is 18.2 Å². The lowest BCUT2D eigenvalue weighted by Crippen LogP contribution is -2.38. The van der Waals surface area contributed by atoms with E-state index in [1.807, 2.05) is 30.3 Å². The molecular formula is C15H23ClN2O2. The average molecular weight is 299 g/mol. The molecule has 3 N–H and O–H groups in total. The molecule has 112 valence electrons. The molecule has 1 aliphatic rings. The number of para-hydroxylation sites is 1. The zero-order chi connectivity index (χ0) is 13.5. The molecule has 0 aliphatic heterocycles. The molecule has 0 heterocycles. The minimum absolute atomic E-state index is 0. The maximum atomic E-state index is 11.6. The van der Waals surface area contributed by atoms with Crippen LogP contribution in [0.3, 0.4) is 0 Å². The first-order chi connectivity index (χ1) is 9.25. The first-order valence-electron chi connectivity index (χ1n) is 6.96. The minimum Gasteiger partial charge on any atom is -0.494 e. The van der Waals surface area contributed by atoms with Crippen LogP contribution in [0.2, 0.25) is 0 Å². The summed E-state index contributed by atoms with van der Waals surface area (Å²) in [7, 11) is 0. The summed E-state index contributed by atoms with van der Waals surface area (Å²) < 4.78 is 5.53. The fraction of sp³-hybridized carbons (Fsp3) is 0.533. The highest BCUT2D eigenvalue weighted by Crippen LogP contribution is 2.31. The summed E-state index contributed by atoms with van der Waals surface area (Å²) in [4.78, 5) is 11.6. The summed E-state index contributed by atoms with van der Waals surface area (Å²) in [5.41, 5.74) is 5.92. The summed E-state index contributed by atoms with van der Waals surface area (Å²) in [6.45, 7) is 1.16. The number of nitrogens with two attached hydrogens (primary N) is 1. The fourth-order valence-electron chi connectivity index (χ4n) is 1.95. The number of benzene rings is 1. The van der Waals surface area contributed by atoms with Crippen molar-refractivity contribution in [2.24, 2.45) is 11.7 Å². The van der Waals surface area contributed by atoms with Gasteiger partial charge in [-0.2, -0.15) is 0 Å². The Morgan fingerprint density at radius 2 is 2.05 bits per heavy atom. The fourth-order valence-corrected chi connectivity index (χ4v) is 1.95. The predicted octanol–water partition coefficient (Wildman–Crippen LogP) is 2.12. The maximum absolute atomic E-state index is 11.6. The molecule has 1 atom stereocenters. The molecule has 1 fully saturated rings. The molecule has 5 heteroatoms. The lowest BCUT2D eigenvalue weighted by molar-refractivity contribution is -0.121. The topological polar surface area (TPSA) is 64.3 Å². The Labute approximate surface area is 126 Å². The lowest BCUT2D eigenvalue weighted by Gasteiger charge is -2.11. The van der Waals surface area contributed by atoms with Crippen LogP contribution in [0.15, 0.2) is 30.3 Å². The Morgan fingerprint density at radius 1 is 1.35 bits per heavy atom. The van der Waals surface area contributed by atoms with Gasteiger partial charge in [0.05, 0.1) is 6.61 Å². The second kappa shape index (κ2) is 8.82. The number of rotatable bonds is 8. The molecule has 0 spiro atoms. The van der Waals surface area contributed by atoms with Crippen LogP contribution in [0.4, 0.5) is 0 Å². The Bertz CT molecular complexity index is 396. The number of halogens is 1. The highest BCUT2D eigenvalue weighted by Gasteiger charge is 2.28. The summed E-state index contributed by atoms with van der Waals surface area (Å²) in [5.74, 6) is 1.54. The molecule has 1 saturated carbocycles. The van der Waals surface area contributed by atoms with Crippen molar-refractivity contribution in [3.05, 3.63) is 30.3 Å². The molecule has 0 saturated heterocycles. The summed E-state index contributed by atoms with van der Waals surface area (Å²) in [6.07, 6.45) is 3.63. The van der Waals surface area contributed by atoms with Gasteiger partial charge in [0.2, 0.25) is 5.91 Å². The van der Waals surface area contributed by atoms with E-state index in [0.717, 1.165) is 12.2 Å². The van der Waals surface area contributed by atoms with Crippen molar-refractivity contribution in [1.29, 1.82) is 0 Å². The zero-order valence-electron chi connectivity index (χ0n) is 11.6. The van der Waals surface area contributed by atoms with Gasteiger partial charge in [0.25, 0.3) is 0 Å². The Balaban J connectivity index is 0.00000200. The van der Waals surface area contributed by atoms with Crippen molar-refractivity contribution < 1.29 is 9.53 Å². The van der Waals surface area contributed by atoms with Gasteiger partial charge in [-0.05, 0) is 37.3 Å². The van der Waals surface area contributed by atoms with E-state index in [9.17, 15) is 4.79 Å². The standard InChI is InChI=1S/C15H22N2O2.ClH/c16-14(12-8-9-12)11-17-15(18)7-4-10-19-13-5-2-1-3-6-13;/h1-3,5-6,12,14H,4,7-11,16H2,(H,17,18);1H. The van der Waals surface area contributed by atoms with E-state index in [0.29, 0.717) is 25.5 Å². The average Bonchev–Trinajstić information content (AvgIpc) is 3.27. The molecule has 0 radical (unpaired) electrons. The molecule has 0 aromatic heterocycles.